The third-order valence-electron chi connectivity index (χ3n) is 4.50. The summed E-state index contributed by atoms with van der Waals surface area (Å²) in [6.45, 7) is 3.32. The lowest BCUT2D eigenvalue weighted by molar-refractivity contribution is 0.0949. The molecular weight excluding hydrogens is 354 g/mol. The molecule has 3 N–H and O–H groups in total. The maximum absolute atomic E-state index is 13.0. The van der Waals surface area contributed by atoms with Crippen molar-refractivity contribution in [3.05, 3.63) is 23.8 Å². The van der Waals surface area contributed by atoms with Crippen molar-refractivity contribution in [3.63, 3.8) is 0 Å². The van der Waals surface area contributed by atoms with E-state index in [1.165, 1.54) is 29.6 Å². The number of hydrogen-bond donors (Lipinski definition) is 2. The highest BCUT2D eigenvalue weighted by atomic mass is 32.2. The minimum absolute atomic E-state index is 0.0213. The van der Waals surface area contributed by atoms with Gasteiger partial charge in [0, 0.05) is 25.7 Å². The Balaban J connectivity index is 2.25. The minimum atomic E-state index is -3.62. The van der Waals surface area contributed by atoms with E-state index in [1.54, 1.807) is 0 Å². The van der Waals surface area contributed by atoms with Gasteiger partial charge in [-0.15, -0.1) is 0 Å². The van der Waals surface area contributed by atoms with E-state index in [0.29, 0.717) is 31.8 Å². The van der Waals surface area contributed by atoms with Crippen molar-refractivity contribution in [1.29, 1.82) is 0 Å². The Kier molecular flexibility index (Phi) is 7.43. The second kappa shape index (κ2) is 9.34. The van der Waals surface area contributed by atoms with E-state index in [4.69, 9.17) is 10.5 Å². The van der Waals surface area contributed by atoms with E-state index in [0.717, 1.165) is 25.7 Å². The number of rotatable bonds is 7. The van der Waals surface area contributed by atoms with Crippen LogP contribution in [-0.2, 0) is 10.0 Å². The minimum Gasteiger partial charge on any atom is -0.496 e. The van der Waals surface area contributed by atoms with Crippen molar-refractivity contribution < 1.29 is 17.9 Å². The Morgan fingerprint density at radius 1 is 1.27 bits per heavy atom. The van der Waals surface area contributed by atoms with Gasteiger partial charge in [-0.1, -0.05) is 12.8 Å². The number of nitrogens with zero attached hydrogens (tertiary/aromatic N) is 1. The Hall–Kier alpha value is -1.64. The number of methoxy groups -OCH3 is 1. The predicted molar refractivity (Wildman–Crippen MR) is 101 cm³/mol. The largest absolute Gasteiger partial charge is 0.496 e. The molecule has 1 aromatic carbocycles. The SMILES string of the molecule is COc1ccc(S(=O)(=O)N2CCCCCC2)cc1C(=O)NCCC(C)N. The first-order valence-electron chi connectivity index (χ1n) is 9.08. The van der Waals surface area contributed by atoms with Crippen LogP contribution < -0.4 is 15.8 Å². The average Bonchev–Trinajstić information content (AvgIpc) is 2.90. The number of hydrogen-bond acceptors (Lipinski definition) is 5. The van der Waals surface area contributed by atoms with E-state index in [9.17, 15) is 13.2 Å². The number of ether oxygens (including phenoxy) is 1. The summed E-state index contributed by atoms with van der Waals surface area (Å²) >= 11 is 0. The van der Waals surface area contributed by atoms with Gasteiger partial charge in [0.05, 0.1) is 17.6 Å². The van der Waals surface area contributed by atoms with E-state index in [-0.39, 0.29) is 22.4 Å². The molecule has 8 heteroatoms. The lowest BCUT2D eigenvalue weighted by atomic mass is 10.2. The number of carbonyl (C=O) groups is 1. The van der Waals surface area contributed by atoms with E-state index in [2.05, 4.69) is 5.32 Å². The number of nitrogens with one attached hydrogen (secondary N) is 1. The van der Waals surface area contributed by atoms with Gasteiger partial charge in [-0.2, -0.15) is 4.31 Å². The molecular formula is C18H29N3O4S. The summed E-state index contributed by atoms with van der Waals surface area (Å²) in [7, 11) is -2.17. The highest BCUT2D eigenvalue weighted by Gasteiger charge is 2.27. The molecule has 1 aliphatic rings. The van der Waals surface area contributed by atoms with Gasteiger partial charge in [-0.3, -0.25) is 4.79 Å². The molecule has 26 heavy (non-hydrogen) atoms. The molecule has 0 radical (unpaired) electrons. The predicted octanol–water partition coefficient (Wildman–Crippen LogP) is 1.73. The quantitative estimate of drug-likeness (QED) is 0.746. The van der Waals surface area contributed by atoms with E-state index < -0.39 is 10.0 Å². The molecule has 0 aromatic heterocycles. The molecule has 1 aromatic rings. The molecule has 1 saturated heterocycles. The zero-order valence-corrected chi connectivity index (χ0v) is 16.3. The third kappa shape index (κ3) is 5.18. The van der Waals surface area contributed by atoms with Crippen LogP contribution in [0.2, 0.25) is 0 Å². The zero-order chi connectivity index (χ0) is 19.2. The number of benzene rings is 1. The van der Waals surface area contributed by atoms with Gasteiger partial charge in [-0.05, 0) is 44.4 Å². The Bertz CT molecular complexity index is 711. The van der Waals surface area contributed by atoms with E-state index >= 15 is 0 Å². The van der Waals surface area contributed by atoms with Crippen molar-refractivity contribution in [1.82, 2.24) is 9.62 Å². The fourth-order valence-corrected chi connectivity index (χ4v) is 4.51. The summed E-state index contributed by atoms with van der Waals surface area (Å²) in [6.07, 6.45) is 4.45. The molecule has 146 valence electrons. The van der Waals surface area contributed by atoms with Crippen LogP contribution in [0, 0.1) is 0 Å². The number of carbonyl (C=O) groups excluding carboxylic acids is 1. The molecule has 2 rings (SSSR count). The van der Waals surface area contributed by atoms with Crippen molar-refractivity contribution in [2.45, 2.75) is 50.0 Å². The maximum Gasteiger partial charge on any atom is 0.255 e. The van der Waals surface area contributed by atoms with Gasteiger partial charge in [0.2, 0.25) is 10.0 Å². The fraction of sp³-hybridized carbons (Fsp3) is 0.611. The summed E-state index contributed by atoms with van der Waals surface area (Å²) in [5.41, 5.74) is 5.90. The number of sulfonamides is 1. The summed E-state index contributed by atoms with van der Waals surface area (Å²) in [5.74, 6) is -0.0199. The monoisotopic (exact) mass is 383 g/mol. The fourth-order valence-electron chi connectivity index (χ4n) is 2.96. The van der Waals surface area contributed by atoms with Gasteiger partial charge < -0.3 is 15.8 Å². The van der Waals surface area contributed by atoms with Crippen LogP contribution >= 0.6 is 0 Å². The number of nitrogens with two attached hydrogens (primary N) is 1. The van der Waals surface area contributed by atoms with E-state index in [1.807, 2.05) is 6.92 Å². The second-order valence-electron chi connectivity index (χ2n) is 6.70. The Morgan fingerprint density at radius 3 is 2.50 bits per heavy atom. The molecule has 1 aliphatic heterocycles. The maximum atomic E-state index is 13.0. The van der Waals surface area contributed by atoms with Gasteiger partial charge in [0.1, 0.15) is 5.75 Å². The molecule has 0 bridgehead atoms. The van der Waals surface area contributed by atoms with Crippen LogP contribution in [0.4, 0.5) is 0 Å². The summed E-state index contributed by atoms with van der Waals surface area (Å²) in [5, 5.41) is 2.77. The van der Waals surface area contributed by atoms with Crippen LogP contribution in [0.15, 0.2) is 23.1 Å². The first kappa shape index (κ1) is 20.7. The van der Waals surface area contributed by atoms with Gasteiger partial charge in [-0.25, -0.2) is 8.42 Å². The van der Waals surface area contributed by atoms with Crippen LogP contribution in [0.3, 0.4) is 0 Å². The molecule has 1 atom stereocenters. The lowest BCUT2D eigenvalue weighted by Gasteiger charge is -2.20. The van der Waals surface area contributed by atoms with Gasteiger partial charge in [0.25, 0.3) is 5.91 Å². The highest BCUT2D eigenvalue weighted by Crippen LogP contribution is 2.26. The second-order valence-corrected chi connectivity index (χ2v) is 8.64. The van der Waals surface area contributed by atoms with Gasteiger partial charge in [0.15, 0.2) is 0 Å². The molecule has 7 nitrogen and oxygen atoms in total. The number of amides is 1. The topological polar surface area (TPSA) is 102 Å². The smallest absolute Gasteiger partial charge is 0.255 e. The average molecular weight is 384 g/mol. The standard InChI is InChI=1S/C18H29N3O4S/c1-14(19)9-10-20-18(22)16-13-15(7-8-17(16)25-2)26(23,24)21-11-5-3-4-6-12-21/h7-8,13-14H,3-6,9-12,19H2,1-2H3,(H,20,22). The van der Waals surface area contributed by atoms with Crippen molar-refractivity contribution in [2.24, 2.45) is 5.73 Å². The lowest BCUT2D eigenvalue weighted by Crippen LogP contribution is -2.32. The third-order valence-corrected chi connectivity index (χ3v) is 6.40. The normalized spacial score (nSPS) is 17.3. The Labute approximate surface area is 155 Å². The molecule has 1 fully saturated rings. The molecule has 1 amide bonds. The first-order chi connectivity index (χ1) is 12.4. The summed E-state index contributed by atoms with van der Waals surface area (Å²) in [6, 6.07) is 4.41. The molecule has 0 aliphatic carbocycles. The zero-order valence-electron chi connectivity index (χ0n) is 15.5. The molecule has 0 saturated carbocycles. The summed E-state index contributed by atoms with van der Waals surface area (Å²) < 4.78 is 32.7. The molecule has 0 spiro atoms. The summed E-state index contributed by atoms with van der Waals surface area (Å²) in [4.78, 5) is 12.6. The highest BCUT2D eigenvalue weighted by molar-refractivity contribution is 7.89. The molecule has 1 heterocycles. The van der Waals surface area contributed by atoms with Crippen LogP contribution in [0.1, 0.15) is 49.4 Å². The van der Waals surface area contributed by atoms with Crippen molar-refractivity contribution in [2.75, 3.05) is 26.7 Å². The van der Waals surface area contributed by atoms with Crippen LogP contribution in [0.25, 0.3) is 0 Å². The Morgan fingerprint density at radius 2 is 1.92 bits per heavy atom. The first-order valence-corrected chi connectivity index (χ1v) is 10.5. The van der Waals surface area contributed by atoms with Gasteiger partial charge >= 0.3 is 0 Å². The van der Waals surface area contributed by atoms with Crippen molar-refractivity contribution >= 4 is 15.9 Å². The van der Waals surface area contributed by atoms with Crippen LogP contribution in [-0.4, -0.2) is 51.4 Å². The molecule has 1 unspecified atom stereocenters. The van der Waals surface area contributed by atoms with Crippen molar-refractivity contribution in [3.8, 4) is 5.75 Å². The van der Waals surface area contributed by atoms with Crippen LogP contribution in [0.5, 0.6) is 5.75 Å².